The molecule has 0 radical (unpaired) electrons. The Morgan fingerprint density at radius 2 is 0.750 bits per heavy atom. The van der Waals surface area contributed by atoms with Crippen LogP contribution in [-0.2, 0) is 6.18 Å². The Balaban J connectivity index is 1.53. The molecule has 0 aliphatic carbocycles. The maximum absolute atomic E-state index is 14.5. The van der Waals surface area contributed by atoms with Crippen LogP contribution >= 0.6 is 0 Å². The minimum atomic E-state index is -4.70. The molecule has 0 fully saturated rings. The summed E-state index contributed by atoms with van der Waals surface area (Å²) in [5, 5.41) is 51.4. The second kappa shape index (κ2) is 11.6. The Labute approximate surface area is 293 Å². The summed E-state index contributed by atoms with van der Waals surface area (Å²) in [6, 6.07) is 39.2. The molecule has 2 heterocycles. The van der Waals surface area contributed by atoms with Gasteiger partial charge in [-0.15, -0.1) is 0 Å². The summed E-state index contributed by atoms with van der Waals surface area (Å²) in [7, 11) is 0. The van der Waals surface area contributed by atoms with Crippen molar-refractivity contribution in [2.75, 3.05) is 0 Å². The monoisotopic (exact) mass is 677 g/mol. The van der Waals surface area contributed by atoms with Crippen molar-refractivity contribution in [2.45, 2.75) is 6.18 Å². The van der Waals surface area contributed by atoms with E-state index in [1.807, 2.05) is 9.13 Å². The maximum atomic E-state index is 14.5. The van der Waals surface area contributed by atoms with Crippen LogP contribution in [0.1, 0.15) is 33.4 Å². The van der Waals surface area contributed by atoms with Crippen molar-refractivity contribution < 1.29 is 13.2 Å². The van der Waals surface area contributed by atoms with Gasteiger partial charge in [0.2, 0.25) is 0 Å². The molecule has 242 valence electrons. The van der Waals surface area contributed by atoms with E-state index in [-0.39, 0.29) is 11.1 Å². The lowest BCUT2D eigenvalue weighted by molar-refractivity contribution is -0.137. The molecule has 10 heteroatoms. The third kappa shape index (κ3) is 4.79. The normalized spacial score (nSPS) is 11.3. The Hall–Kier alpha value is -7.84. The van der Waals surface area contributed by atoms with E-state index in [0.29, 0.717) is 82.8 Å². The van der Waals surface area contributed by atoms with Gasteiger partial charge in [0, 0.05) is 32.7 Å². The molecule has 6 aromatic carbocycles. The predicted molar refractivity (Wildman–Crippen MR) is 189 cm³/mol. The molecular formula is C42H18F3N7. The molecular weight excluding hydrogens is 660 g/mol. The number of nitriles is 5. The van der Waals surface area contributed by atoms with E-state index < -0.39 is 11.7 Å². The highest BCUT2D eigenvalue weighted by molar-refractivity contribution is 6.12. The fourth-order valence-corrected chi connectivity index (χ4v) is 6.98. The highest BCUT2D eigenvalue weighted by atomic mass is 19.4. The lowest BCUT2D eigenvalue weighted by Gasteiger charge is -2.20. The van der Waals surface area contributed by atoms with E-state index in [0.717, 1.165) is 12.1 Å². The van der Waals surface area contributed by atoms with Crippen molar-refractivity contribution in [3.8, 4) is 52.8 Å². The highest BCUT2D eigenvalue weighted by Crippen LogP contribution is 2.43. The first-order valence-corrected chi connectivity index (χ1v) is 15.7. The van der Waals surface area contributed by atoms with Crippen LogP contribution in [0.5, 0.6) is 0 Å². The minimum absolute atomic E-state index is 0.194. The summed E-state index contributed by atoms with van der Waals surface area (Å²) in [5.74, 6) is 0. The molecule has 7 nitrogen and oxygen atoms in total. The molecule has 52 heavy (non-hydrogen) atoms. The van der Waals surface area contributed by atoms with E-state index in [4.69, 9.17) is 0 Å². The third-order valence-electron chi connectivity index (χ3n) is 9.27. The van der Waals surface area contributed by atoms with Crippen LogP contribution in [0.3, 0.4) is 0 Å². The van der Waals surface area contributed by atoms with Crippen LogP contribution in [0.15, 0.2) is 109 Å². The van der Waals surface area contributed by atoms with E-state index in [1.54, 1.807) is 91.0 Å². The number of aromatic nitrogens is 2. The number of alkyl halides is 3. The van der Waals surface area contributed by atoms with Crippen LogP contribution in [-0.4, -0.2) is 9.13 Å². The predicted octanol–water partition coefficient (Wildman–Crippen LogP) is 9.92. The molecule has 0 spiro atoms. The molecule has 8 rings (SSSR count). The van der Waals surface area contributed by atoms with E-state index in [9.17, 15) is 39.5 Å². The fourth-order valence-electron chi connectivity index (χ4n) is 6.98. The molecule has 0 aliphatic heterocycles. The largest absolute Gasteiger partial charge is 0.416 e. The van der Waals surface area contributed by atoms with Crippen LogP contribution in [0.4, 0.5) is 13.2 Å². The molecule has 0 saturated carbocycles. The molecule has 0 atom stereocenters. The average Bonchev–Trinajstić information content (AvgIpc) is 3.67. The van der Waals surface area contributed by atoms with Crippen LogP contribution < -0.4 is 0 Å². The van der Waals surface area contributed by atoms with Gasteiger partial charge in [-0.25, -0.2) is 0 Å². The van der Waals surface area contributed by atoms with Crippen molar-refractivity contribution >= 4 is 43.6 Å². The number of fused-ring (bicyclic) bond motifs is 6. The summed E-state index contributed by atoms with van der Waals surface area (Å²) in [5.41, 5.74) is 4.65. The zero-order valence-electron chi connectivity index (χ0n) is 26.7. The zero-order chi connectivity index (χ0) is 36.3. The molecule has 0 amide bonds. The zero-order valence-corrected chi connectivity index (χ0v) is 26.7. The van der Waals surface area contributed by atoms with E-state index in [2.05, 4.69) is 30.3 Å². The van der Waals surface area contributed by atoms with Crippen LogP contribution in [0, 0.1) is 56.7 Å². The summed E-state index contributed by atoms with van der Waals surface area (Å²) < 4.78 is 47.2. The highest BCUT2D eigenvalue weighted by Gasteiger charge is 2.32. The summed E-state index contributed by atoms with van der Waals surface area (Å²) in [4.78, 5) is 0. The van der Waals surface area contributed by atoms with Crippen molar-refractivity contribution in [1.82, 2.24) is 9.13 Å². The number of hydrogen-bond acceptors (Lipinski definition) is 5. The molecule has 0 bridgehead atoms. The quantitative estimate of drug-likeness (QED) is 0.184. The van der Waals surface area contributed by atoms with Gasteiger partial charge in [0.05, 0.1) is 97.2 Å². The van der Waals surface area contributed by atoms with Gasteiger partial charge < -0.3 is 9.13 Å². The van der Waals surface area contributed by atoms with Gasteiger partial charge in [-0.2, -0.15) is 39.5 Å². The van der Waals surface area contributed by atoms with Gasteiger partial charge in [-0.05, 0) is 103 Å². The molecule has 8 aromatic rings. The Morgan fingerprint density at radius 1 is 0.385 bits per heavy atom. The number of rotatable bonds is 3. The van der Waals surface area contributed by atoms with Crippen molar-refractivity contribution in [3.63, 3.8) is 0 Å². The third-order valence-corrected chi connectivity index (χ3v) is 9.27. The molecule has 0 N–H and O–H groups in total. The van der Waals surface area contributed by atoms with Crippen LogP contribution in [0.25, 0.3) is 66.1 Å². The fraction of sp³-hybridized carbons (Fsp3) is 0.0238. The smallest absolute Gasteiger partial charge is 0.309 e. The van der Waals surface area contributed by atoms with Gasteiger partial charge in [0.25, 0.3) is 0 Å². The minimum Gasteiger partial charge on any atom is -0.309 e. The molecule has 2 aromatic heterocycles. The van der Waals surface area contributed by atoms with Crippen molar-refractivity contribution in [3.05, 3.63) is 143 Å². The first-order chi connectivity index (χ1) is 25.2. The van der Waals surface area contributed by atoms with Crippen molar-refractivity contribution in [2.24, 2.45) is 0 Å². The lowest BCUT2D eigenvalue weighted by atomic mass is 9.97. The number of benzene rings is 6. The van der Waals surface area contributed by atoms with E-state index in [1.165, 1.54) is 6.07 Å². The first-order valence-electron chi connectivity index (χ1n) is 15.7. The average molecular weight is 678 g/mol. The maximum Gasteiger partial charge on any atom is 0.416 e. The number of nitrogens with zero attached hydrogens (tertiary/aromatic N) is 7. The summed E-state index contributed by atoms with van der Waals surface area (Å²) in [6.07, 6.45) is -4.70. The topological polar surface area (TPSA) is 129 Å². The van der Waals surface area contributed by atoms with E-state index >= 15 is 0 Å². The Morgan fingerprint density at radius 3 is 1.13 bits per heavy atom. The number of hydrogen-bond donors (Lipinski definition) is 0. The molecule has 0 aliphatic rings. The Bertz CT molecular complexity index is 2930. The Kier molecular flexibility index (Phi) is 7.04. The van der Waals surface area contributed by atoms with Gasteiger partial charge in [-0.3, -0.25) is 0 Å². The molecule has 0 saturated heterocycles. The van der Waals surface area contributed by atoms with Crippen LogP contribution in [0.2, 0.25) is 0 Å². The molecule has 0 unspecified atom stereocenters. The second-order valence-electron chi connectivity index (χ2n) is 12.1. The van der Waals surface area contributed by atoms with Gasteiger partial charge in [-0.1, -0.05) is 6.07 Å². The summed E-state index contributed by atoms with van der Waals surface area (Å²) in [6.45, 7) is 0. The van der Waals surface area contributed by atoms with Gasteiger partial charge in [0.1, 0.15) is 0 Å². The second-order valence-corrected chi connectivity index (χ2v) is 12.1. The lowest BCUT2D eigenvalue weighted by Crippen LogP contribution is -2.08. The van der Waals surface area contributed by atoms with Gasteiger partial charge >= 0.3 is 6.18 Å². The summed E-state index contributed by atoms with van der Waals surface area (Å²) >= 11 is 0. The standard InChI is InChI=1S/C42H18F3N7/c43-42(44,45)29-6-12-40(51-36-8-2-24(19-46)13-31(36)32-14-25(20-47)3-9-37(32)51)35(18-29)30-7-1-28(23-50)17-41(30)52-38-10-4-26(21-48)15-33(38)34-16-27(22-49)5-11-39(34)52/h1-18H. The first kappa shape index (κ1) is 31.4. The number of halogens is 3. The van der Waals surface area contributed by atoms with Crippen molar-refractivity contribution in [1.29, 1.82) is 26.3 Å². The SMILES string of the molecule is N#Cc1ccc(-c2cc(C(F)(F)F)ccc2-n2c3ccc(C#N)cc3c3cc(C#N)ccc32)c(-n2c3ccc(C#N)cc3c3cc(C#N)ccc32)c1. The van der Waals surface area contributed by atoms with Gasteiger partial charge in [0.15, 0.2) is 0 Å².